The van der Waals surface area contributed by atoms with E-state index >= 15 is 0 Å². The summed E-state index contributed by atoms with van der Waals surface area (Å²) in [6.07, 6.45) is 5.26. The van der Waals surface area contributed by atoms with Crippen LogP contribution in [0.15, 0.2) is 24.4 Å². The van der Waals surface area contributed by atoms with E-state index in [-0.39, 0.29) is 17.4 Å². The Morgan fingerprint density at radius 1 is 1.28 bits per heavy atom. The van der Waals surface area contributed by atoms with Gasteiger partial charge in [-0.2, -0.15) is 5.10 Å². The van der Waals surface area contributed by atoms with Crippen LogP contribution < -0.4 is 0 Å². The molecular weight excluding hydrogens is 314 g/mol. The van der Waals surface area contributed by atoms with Crippen LogP contribution in [0.25, 0.3) is 11.3 Å². The predicted molar refractivity (Wildman–Crippen MR) is 96.3 cm³/mol. The Morgan fingerprint density at radius 2 is 2.04 bits per heavy atom. The van der Waals surface area contributed by atoms with Gasteiger partial charge in [-0.25, -0.2) is 0 Å². The third kappa shape index (κ3) is 2.67. The normalized spacial score (nSPS) is 22.0. The van der Waals surface area contributed by atoms with Crippen LogP contribution in [-0.4, -0.2) is 45.3 Å². The van der Waals surface area contributed by atoms with Gasteiger partial charge in [0.15, 0.2) is 0 Å². The van der Waals surface area contributed by atoms with Crippen molar-refractivity contribution >= 4 is 5.91 Å². The molecule has 1 aromatic heterocycles. The van der Waals surface area contributed by atoms with Crippen molar-refractivity contribution in [2.45, 2.75) is 45.6 Å². The number of benzene rings is 1. The lowest BCUT2D eigenvalue weighted by molar-refractivity contribution is -0.0952. The number of carbonyl (C=O) groups is 1. The first-order chi connectivity index (χ1) is 12.0. The number of hydrogen-bond donors (Lipinski definition) is 2. The van der Waals surface area contributed by atoms with Crippen molar-refractivity contribution in [2.24, 2.45) is 5.41 Å². The van der Waals surface area contributed by atoms with Gasteiger partial charge in [-0.3, -0.25) is 9.89 Å². The van der Waals surface area contributed by atoms with Gasteiger partial charge in [-0.1, -0.05) is 23.8 Å². The molecule has 5 heteroatoms. The summed E-state index contributed by atoms with van der Waals surface area (Å²) in [5, 5.41) is 17.2. The van der Waals surface area contributed by atoms with Crippen molar-refractivity contribution in [3.8, 4) is 11.3 Å². The van der Waals surface area contributed by atoms with Crippen molar-refractivity contribution in [2.75, 3.05) is 13.1 Å². The molecule has 2 heterocycles. The minimum atomic E-state index is -0.176. The summed E-state index contributed by atoms with van der Waals surface area (Å²) in [6.45, 7) is 5.55. The number of nitrogens with zero attached hydrogens (tertiary/aromatic N) is 2. The van der Waals surface area contributed by atoms with Crippen LogP contribution in [-0.2, 0) is 0 Å². The summed E-state index contributed by atoms with van der Waals surface area (Å²) in [5.74, 6) is 0.0346. The number of aromatic amines is 1. The molecule has 4 rings (SSSR count). The molecule has 2 N–H and O–H groups in total. The number of H-pyrrole nitrogens is 1. The van der Waals surface area contributed by atoms with Gasteiger partial charge in [0.1, 0.15) is 0 Å². The molecule has 1 saturated heterocycles. The lowest BCUT2D eigenvalue weighted by Crippen LogP contribution is -2.53. The van der Waals surface area contributed by atoms with Gasteiger partial charge in [0.2, 0.25) is 0 Å². The first kappa shape index (κ1) is 16.3. The van der Waals surface area contributed by atoms with Gasteiger partial charge in [-0.15, -0.1) is 0 Å². The molecule has 1 amide bonds. The molecular formula is C20H25N3O2. The smallest absolute Gasteiger partial charge is 0.257 e. The van der Waals surface area contributed by atoms with E-state index in [2.05, 4.69) is 36.2 Å². The minimum absolute atomic E-state index is 0.0346. The number of carbonyl (C=O) groups excluding carboxylic acids is 1. The Morgan fingerprint density at radius 3 is 2.64 bits per heavy atom. The number of aliphatic hydroxyl groups excluding tert-OH is 1. The van der Waals surface area contributed by atoms with Crippen LogP contribution in [0.4, 0.5) is 0 Å². The molecule has 1 spiro atoms. The van der Waals surface area contributed by atoms with Crippen LogP contribution in [0.5, 0.6) is 0 Å². The Balaban J connectivity index is 1.55. The summed E-state index contributed by atoms with van der Waals surface area (Å²) in [5.41, 5.74) is 4.86. The first-order valence-corrected chi connectivity index (χ1v) is 9.08. The number of amides is 1. The van der Waals surface area contributed by atoms with Crippen LogP contribution >= 0.6 is 0 Å². The monoisotopic (exact) mass is 339 g/mol. The molecule has 132 valence electrons. The Kier molecular flexibility index (Phi) is 3.91. The summed E-state index contributed by atoms with van der Waals surface area (Å²) in [4.78, 5) is 14.9. The molecule has 1 unspecified atom stereocenters. The molecule has 1 aromatic carbocycles. The average Bonchev–Trinajstić information content (AvgIpc) is 3.09. The predicted octanol–water partition coefficient (Wildman–Crippen LogP) is 3.07. The third-order valence-electron chi connectivity index (χ3n) is 6.19. The van der Waals surface area contributed by atoms with E-state index in [4.69, 9.17) is 0 Å². The molecule has 2 aliphatic rings. The fourth-order valence-corrected chi connectivity index (χ4v) is 4.34. The second-order valence-corrected chi connectivity index (χ2v) is 7.69. The quantitative estimate of drug-likeness (QED) is 0.883. The van der Waals surface area contributed by atoms with E-state index in [1.807, 2.05) is 11.0 Å². The Bertz CT molecular complexity index is 803. The molecule has 2 fully saturated rings. The van der Waals surface area contributed by atoms with E-state index in [0.29, 0.717) is 18.7 Å². The Labute approximate surface area is 148 Å². The number of hydrogen-bond acceptors (Lipinski definition) is 3. The average molecular weight is 339 g/mol. The summed E-state index contributed by atoms with van der Waals surface area (Å²) in [7, 11) is 0. The molecule has 5 nitrogen and oxygen atoms in total. The topological polar surface area (TPSA) is 69.2 Å². The van der Waals surface area contributed by atoms with Crippen LogP contribution in [0, 0.1) is 19.3 Å². The largest absolute Gasteiger partial charge is 0.393 e. The number of rotatable bonds is 2. The molecule has 1 saturated carbocycles. The van der Waals surface area contributed by atoms with Crippen molar-refractivity contribution in [3.63, 3.8) is 0 Å². The van der Waals surface area contributed by atoms with Crippen molar-refractivity contribution < 1.29 is 9.90 Å². The van der Waals surface area contributed by atoms with Gasteiger partial charge >= 0.3 is 0 Å². The minimum Gasteiger partial charge on any atom is -0.393 e. The van der Waals surface area contributed by atoms with Gasteiger partial charge in [0, 0.05) is 18.7 Å². The second-order valence-electron chi connectivity index (χ2n) is 7.69. The highest BCUT2D eigenvalue weighted by Gasteiger charge is 2.48. The number of likely N-dealkylation sites (tertiary alicyclic amines) is 1. The van der Waals surface area contributed by atoms with E-state index < -0.39 is 0 Å². The molecule has 1 aliphatic heterocycles. The fraction of sp³-hybridized carbons (Fsp3) is 0.500. The van der Waals surface area contributed by atoms with Crippen molar-refractivity contribution in [1.29, 1.82) is 0 Å². The first-order valence-electron chi connectivity index (χ1n) is 9.08. The van der Waals surface area contributed by atoms with Gasteiger partial charge < -0.3 is 10.0 Å². The molecule has 1 atom stereocenters. The summed E-state index contributed by atoms with van der Waals surface area (Å²) < 4.78 is 0. The third-order valence-corrected chi connectivity index (χ3v) is 6.19. The SMILES string of the molecule is Cc1ccc(-c2[nH]ncc2C(=O)N2CCC3(CCC3O)CC2)c(C)c1. The van der Waals surface area contributed by atoms with Gasteiger partial charge in [0.25, 0.3) is 5.91 Å². The van der Waals surface area contributed by atoms with E-state index in [1.165, 1.54) is 5.56 Å². The lowest BCUT2D eigenvalue weighted by atomic mass is 9.61. The molecule has 0 bridgehead atoms. The highest BCUT2D eigenvalue weighted by atomic mass is 16.3. The summed E-state index contributed by atoms with van der Waals surface area (Å²) >= 11 is 0. The highest BCUT2D eigenvalue weighted by Crippen LogP contribution is 2.49. The molecule has 1 aliphatic carbocycles. The maximum atomic E-state index is 13.0. The van der Waals surface area contributed by atoms with E-state index in [0.717, 1.165) is 42.5 Å². The molecule has 25 heavy (non-hydrogen) atoms. The van der Waals surface area contributed by atoms with Crippen LogP contribution in [0.2, 0.25) is 0 Å². The zero-order chi connectivity index (χ0) is 17.6. The number of nitrogens with one attached hydrogen (secondary N) is 1. The second kappa shape index (κ2) is 5.99. The summed E-state index contributed by atoms with van der Waals surface area (Å²) in [6, 6.07) is 6.22. The van der Waals surface area contributed by atoms with Crippen molar-refractivity contribution in [3.05, 3.63) is 41.1 Å². The van der Waals surface area contributed by atoms with Gasteiger partial charge in [-0.05, 0) is 50.5 Å². The lowest BCUT2D eigenvalue weighted by Gasteiger charge is -2.51. The maximum Gasteiger partial charge on any atom is 0.257 e. The fourth-order valence-electron chi connectivity index (χ4n) is 4.34. The van der Waals surface area contributed by atoms with E-state index in [1.54, 1.807) is 6.20 Å². The molecule has 2 aromatic rings. The standard InChI is InChI=1S/C20H25N3O2/c1-13-3-4-15(14(2)11-13)18-16(12-21-22-18)19(25)23-9-7-20(8-10-23)6-5-17(20)24/h3-4,11-12,17,24H,5-10H2,1-2H3,(H,21,22). The van der Waals surface area contributed by atoms with Crippen molar-refractivity contribution in [1.82, 2.24) is 15.1 Å². The number of aromatic nitrogens is 2. The van der Waals surface area contributed by atoms with Gasteiger partial charge in [0.05, 0.1) is 23.6 Å². The number of piperidine rings is 1. The zero-order valence-electron chi connectivity index (χ0n) is 14.9. The Hall–Kier alpha value is -2.14. The van der Waals surface area contributed by atoms with E-state index in [9.17, 15) is 9.90 Å². The number of aliphatic hydroxyl groups is 1. The van der Waals surface area contributed by atoms with Crippen LogP contribution in [0.3, 0.4) is 0 Å². The molecule has 0 radical (unpaired) electrons. The number of aryl methyl sites for hydroxylation is 2. The van der Waals surface area contributed by atoms with Crippen LogP contribution in [0.1, 0.15) is 47.2 Å². The zero-order valence-corrected chi connectivity index (χ0v) is 14.9. The maximum absolute atomic E-state index is 13.0. The highest BCUT2D eigenvalue weighted by molar-refractivity contribution is 6.00.